The second-order valence-electron chi connectivity index (χ2n) is 4.14. The molecule has 0 aliphatic heterocycles. The van der Waals surface area contributed by atoms with E-state index in [0.29, 0.717) is 25.2 Å². The molecule has 2 aromatic rings. The number of anilines is 2. The van der Waals surface area contributed by atoms with Crippen molar-refractivity contribution >= 4 is 11.5 Å². The summed E-state index contributed by atoms with van der Waals surface area (Å²) < 4.78 is 0. The van der Waals surface area contributed by atoms with Gasteiger partial charge in [-0.25, -0.2) is 4.98 Å². The van der Waals surface area contributed by atoms with E-state index in [4.69, 9.17) is 11.0 Å². The number of aromatic nitrogens is 2. The number of rotatable bonds is 5. The Hall–Kier alpha value is -2.61. The van der Waals surface area contributed by atoms with Crippen LogP contribution in [0.15, 0.2) is 42.9 Å². The largest absolute Gasteiger partial charge is 0.397 e. The van der Waals surface area contributed by atoms with E-state index >= 15 is 0 Å². The Morgan fingerprint density at radius 1 is 1.26 bits per heavy atom. The molecule has 0 bridgehead atoms. The molecule has 0 amide bonds. The van der Waals surface area contributed by atoms with Crippen molar-refractivity contribution < 1.29 is 0 Å². The molecule has 0 saturated carbocycles. The molecule has 5 heteroatoms. The summed E-state index contributed by atoms with van der Waals surface area (Å²) in [5.41, 5.74) is 7.35. The quantitative estimate of drug-likeness (QED) is 0.881. The van der Waals surface area contributed by atoms with Gasteiger partial charge in [0.1, 0.15) is 5.82 Å². The van der Waals surface area contributed by atoms with Gasteiger partial charge in [0.2, 0.25) is 0 Å². The molecule has 96 valence electrons. The summed E-state index contributed by atoms with van der Waals surface area (Å²) in [7, 11) is 0. The maximum Gasteiger partial charge on any atom is 0.128 e. The molecule has 2 heterocycles. The zero-order valence-corrected chi connectivity index (χ0v) is 10.5. The third-order valence-corrected chi connectivity index (χ3v) is 2.68. The Balaban J connectivity index is 2.16. The highest BCUT2D eigenvalue weighted by Gasteiger charge is 2.08. The first-order valence-electron chi connectivity index (χ1n) is 6.02. The zero-order valence-electron chi connectivity index (χ0n) is 10.5. The van der Waals surface area contributed by atoms with Crippen molar-refractivity contribution in [2.75, 3.05) is 17.2 Å². The maximum absolute atomic E-state index is 8.74. The van der Waals surface area contributed by atoms with Crippen LogP contribution in [0.2, 0.25) is 0 Å². The van der Waals surface area contributed by atoms with Crippen LogP contribution in [-0.2, 0) is 6.54 Å². The first-order valence-corrected chi connectivity index (χ1v) is 6.02. The molecule has 0 aromatic carbocycles. The Morgan fingerprint density at radius 2 is 2.16 bits per heavy atom. The number of nitriles is 1. The molecule has 2 N–H and O–H groups in total. The summed E-state index contributed by atoms with van der Waals surface area (Å²) >= 11 is 0. The lowest BCUT2D eigenvalue weighted by Gasteiger charge is -2.22. The fraction of sp³-hybridized carbons (Fsp3) is 0.214. The molecule has 0 spiro atoms. The van der Waals surface area contributed by atoms with Crippen molar-refractivity contribution in [3.05, 3.63) is 48.4 Å². The van der Waals surface area contributed by atoms with E-state index in [0.717, 1.165) is 11.4 Å². The number of hydrogen-bond donors (Lipinski definition) is 1. The Morgan fingerprint density at radius 3 is 2.79 bits per heavy atom. The first-order chi connectivity index (χ1) is 9.29. The van der Waals surface area contributed by atoms with E-state index in [1.54, 1.807) is 12.4 Å². The van der Waals surface area contributed by atoms with Crippen molar-refractivity contribution in [3.63, 3.8) is 0 Å². The van der Waals surface area contributed by atoms with Gasteiger partial charge in [-0.15, -0.1) is 0 Å². The summed E-state index contributed by atoms with van der Waals surface area (Å²) in [5, 5.41) is 8.74. The average molecular weight is 253 g/mol. The van der Waals surface area contributed by atoms with Gasteiger partial charge in [-0.05, 0) is 23.8 Å². The van der Waals surface area contributed by atoms with Crippen LogP contribution in [0.3, 0.4) is 0 Å². The Labute approximate surface area is 112 Å². The van der Waals surface area contributed by atoms with Gasteiger partial charge in [0.15, 0.2) is 0 Å². The molecular weight excluding hydrogens is 238 g/mol. The van der Waals surface area contributed by atoms with Gasteiger partial charge in [0, 0.05) is 25.5 Å². The SMILES string of the molecule is N#CCCN(Cc1cccnc1)c1ccc(N)cn1. The summed E-state index contributed by atoms with van der Waals surface area (Å²) in [6, 6.07) is 9.73. The number of nitrogens with zero attached hydrogens (tertiary/aromatic N) is 4. The minimum atomic E-state index is 0.451. The van der Waals surface area contributed by atoms with Gasteiger partial charge in [0.25, 0.3) is 0 Å². The lowest BCUT2D eigenvalue weighted by atomic mass is 10.2. The number of pyridine rings is 2. The minimum absolute atomic E-state index is 0.451. The second-order valence-corrected chi connectivity index (χ2v) is 4.14. The van der Waals surface area contributed by atoms with Crippen molar-refractivity contribution in [2.45, 2.75) is 13.0 Å². The molecule has 0 saturated heterocycles. The van der Waals surface area contributed by atoms with Crippen LogP contribution in [0.25, 0.3) is 0 Å². The molecular formula is C14H15N5. The molecule has 0 fully saturated rings. The fourth-order valence-electron chi connectivity index (χ4n) is 1.76. The first kappa shape index (κ1) is 12.8. The van der Waals surface area contributed by atoms with Crippen molar-refractivity contribution in [1.29, 1.82) is 5.26 Å². The molecule has 0 aliphatic rings. The number of hydrogen-bond acceptors (Lipinski definition) is 5. The molecule has 0 unspecified atom stereocenters. The molecule has 0 aliphatic carbocycles. The van der Waals surface area contributed by atoms with E-state index in [2.05, 4.69) is 16.0 Å². The lowest BCUT2D eigenvalue weighted by molar-refractivity contribution is 0.780. The third-order valence-electron chi connectivity index (χ3n) is 2.68. The van der Waals surface area contributed by atoms with Gasteiger partial charge in [-0.1, -0.05) is 6.07 Å². The maximum atomic E-state index is 8.74. The summed E-state index contributed by atoms with van der Waals surface area (Å²) in [6.07, 6.45) is 5.63. The average Bonchev–Trinajstić information content (AvgIpc) is 2.45. The Kier molecular flexibility index (Phi) is 4.29. The monoisotopic (exact) mass is 253 g/mol. The van der Waals surface area contributed by atoms with Gasteiger partial charge in [0.05, 0.1) is 24.4 Å². The molecule has 0 atom stereocenters. The van der Waals surface area contributed by atoms with Crippen LogP contribution >= 0.6 is 0 Å². The van der Waals surface area contributed by atoms with Crippen LogP contribution in [0.5, 0.6) is 0 Å². The second kappa shape index (κ2) is 6.36. The van der Waals surface area contributed by atoms with Crippen molar-refractivity contribution in [3.8, 4) is 6.07 Å². The minimum Gasteiger partial charge on any atom is -0.397 e. The smallest absolute Gasteiger partial charge is 0.128 e. The number of nitrogen functional groups attached to an aromatic ring is 1. The standard InChI is InChI=1S/C14H15N5/c15-6-2-8-19(11-12-3-1-7-17-9-12)14-5-4-13(16)10-18-14/h1,3-5,7,9-10H,2,8,11,16H2. The molecule has 2 aromatic heterocycles. The van der Waals surface area contributed by atoms with Gasteiger partial charge < -0.3 is 10.6 Å². The molecule has 0 radical (unpaired) electrons. The van der Waals surface area contributed by atoms with Gasteiger partial charge in [-0.2, -0.15) is 5.26 Å². The number of nitrogens with two attached hydrogens (primary N) is 1. The summed E-state index contributed by atoms with van der Waals surface area (Å²) in [4.78, 5) is 10.4. The highest BCUT2D eigenvalue weighted by molar-refractivity contribution is 5.46. The van der Waals surface area contributed by atoms with E-state index in [-0.39, 0.29) is 0 Å². The summed E-state index contributed by atoms with van der Waals surface area (Å²) in [5.74, 6) is 0.813. The normalized spacial score (nSPS) is 9.84. The van der Waals surface area contributed by atoms with Crippen molar-refractivity contribution in [1.82, 2.24) is 9.97 Å². The fourth-order valence-corrected chi connectivity index (χ4v) is 1.76. The third kappa shape index (κ3) is 3.68. The van der Waals surface area contributed by atoms with Crippen LogP contribution in [0.1, 0.15) is 12.0 Å². The van der Waals surface area contributed by atoms with Gasteiger partial charge in [-0.3, -0.25) is 4.98 Å². The van der Waals surface area contributed by atoms with Crippen LogP contribution < -0.4 is 10.6 Å². The zero-order chi connectivity index (χ0) is 13.5. The predicted molar refractivity (Wildman–Crippen MR) is 74.2 cm³/mol. The van der Waals surface area contributed by atoms with E-state index in [9.17, 15) is 0 Å². The van der Waals surface area contributed by atoms with E-state index in [1.165, 1.54) is 0 Å². The lowest BCUT2D eigenvalue weighted by Crippen LogP contribution is -2.24. The highest BCUT2D eigenvalue weighted by atomic mass is 15.2. The molecule has 2 rings (SSSR count). The topological polar surface area (TPSA) is 78.8 Å². The predicted octanol–water partition coefficient (Wildman–Crippen LogP) is 1.98. The molecule has 19 heavy (non-hydrogen) atoms. The highest BCUT2D eigenvalue weighted by Crippen LogP contribution is 2.15. The van der Waals surface area contributed by atoms with Crippen LogP contribution in [-0.4, -0.2) is 16.5 Å². The van der Waals surface area contributed by atoms with E-state index < -0.39 is 0 Å². The van der Waals surface area contributed by atoms with Crippen molar-refractivity contribution in [2.24, 2.45) is 0 Å². The van der Waals surface area contributed by atoms with Gasteiger partial charge >= 0.3 is 0 Å². The summed E-state index contributed by atoms with van der Waals surface area (Å²) in [6.45, 7) is 1.30. The van der Waals surface area contributed by atoms with Crippen LogP contribution in [0.4, 0.5) is 11.5 Å². The molecule has 5 nitrogen and oxygen atoms in total. The van der Waals surface area contributed by atoms with E-state index in [1.807, 2.05) is 35.4 Å². The Bertz CT molecular complexity index is 544. The van der Waals surface area contributed by atoms with Crippen LogP contribution in [0, 0.1) is 11.3 Å².